The number of likely N-dealkylation sites (tertiary alicyclic amines) is 1. The van der Waals surface area contributed by atoms with E-state index in [9.17, 15) is 9.90 Å². The summed E-state index contributed by atoms with van der Waals surface area (Å²) in [5.41, 5.74) is 0.569. The van der Waals surface area contributed by atoms with Crippen LogP contribution in [0, 0.1) is 0 Å². The fourth-order valence-corrected chi connectivity index (χ4v) is 1.65. The molecule has 0 saturated carbocycles. The SMILES string of the molecule is Cn1cncc1C(=O)N1CC[C@@H](O)C1. The van der Waals surface area contributed by atoms with Gasteiger partial charge in [-0.15, -0.1) is 0 Å². The standard InChI is InChI=1S/C9H13N3O2/c1-11-6-10-4-8(11)9(14)12-3-2-7(13)5-12/h4,6-7,13H,2-3,5H2,1H3/t7-/m1/s1. The van der Waals surface area contributed by atoms with Gasteiger partial charge in [0.15, 0.2) is 0 Å². The summed E-state index contributed by atoms with van der Waals surface area (Å²) in [6, 6.07) is 0. The molecule has 1 aliphatic heterocycles. The second kappa shape index (κ2) is 3.42. The summed E-state index contributed by atoms with van der Waals surface area (Å²) >= 11 is 0. The normalized spacial score (nSPS) is 21.6. The Balaban J connectivity index is 2.13. The molecule has 1 saturated heterocycles. The molecule has 1 aromatic heterocycles. The molecule has 76 valence electrons. The number of hydrogen-bond acceptors (Lipinski definition) is 3. The Labute approximate surface area is 82.0 Å². The Morgan fingerprint density at radius 1 is 1.71 bits per heavy atom. The van der Waals surface area contributed by atoms with Crippen LogP contribution in [0.4, 0.5) is 0 Å². The number of aryl methyl sites for hydroxylation is 1. The molecule has 1 aromatic rings. The molecule has 1 atom stereocenters. The summed E-state index contributed by atoms with van der Waals surface area (Å²) in [5.74, 6) is -0.0541. The predicted octanol–water partition coefficient (Wildman–Crippen LogP) is -0.373. The number of carbonyl (C=O) groups excluding carboxylic acids is 1. The molecule has 2 rings (SSSR count). The van der Waals surface area contributed by atoms with Crippen molar-refractivity contribution < 1.29 is 9.90 Å². The maximum Gasteiger partial charge on any atom is 0.272 e. The van der Waals surface area contributed by atoms with Gasteiger partial charge in [-0.05, 0) is 6.42 Å². The van der Waals surface area contributed by atoms with Crippen molar-refractivity contribution in [2.75, 3.05) is 13.1 Å². The first kappa shape index (κ1) is 9.21. The van der Waals surface area contributed by atoms with Crippen LogP contribution in [-0.4, -0.2) is 44.7 Å². The molecule has 2 heterocycles. The molecule has 1 N–H and O–H groups in total. The zero-order valence-corrected chi connectivity index (χ0v) is 8.05. The van der Waals surface area contributed by atoms with Crippen LogP contribution in [0.25, 0.3) is 0 Å². The largest absolute Gasteiger partial charge is 0.391 e. The first-order chi connectivity index (χ1) is 6.68. The summed E-state index contributed by atoms with van der Waals surface area (Å²) in [5, 5.41) is 9.30. The van der Waals surface area contributed by atoms with E-state index >= 15 is 0 Å². The first-order valence-electron chi connectivity index (χ1n) is 4.62. The second-order valence-electron chi connectivity index (χ2n) is 3.58. The number of carbonyl (C=O) groups is 1. The van der Waals surface area contributed by atoms with Crippen LogP contribution in [0.1, 0.15) is 16.9 Å². The molecule has 5 heteroatoms. The highest BCUT2D eigenvalue weighted by molar-refractivity contribution is 5.92. The summed E-state index contributed by atoms with van der Waals surface area (Å²) in [4.78, 5) is 17.4. The topological polar surface area (TPSA) is 58.4 Å². The highest BCUT2D eigenvalue weighted by atomic mass is 16.3. The van der Waals surface area contributed by atoms with E-state index in [0.717, 1.165) is 0 Å². The lowest BCUT2D eigenvalue weighted by Crippen LogP contribution is -2.30. The van der Waals surface area contributed by atoms with E-state index in [1.807, 2.05) is 0 Å². The van der Waals surface area contributed by atoms with Crippen molar-refractivity contribution in [2.45, 2.75) is 12.5 Å². The van der Waals surface area contributed by atoms with E-state index in [4.69, 9.17) is 0 Å². The number of β-amino-alcohol motifs (C(OH)–C–C–N with tert-alkyl or cyclic N) is 1. The fraction of sp³-hybridized carbons (Fsp3) is 0.556. The number of amides is 1. The van der Waals surface area contributed by atoms with Gasteiger partial charge in [-0.2, -0.15) is 0 Å². The van der Waals surface area contributed by atoms with Crippen LogP contribution in [0.2, 0.25) is 0 Å². The lowest BCUT2D eigenvalue weighted by atomic mass is 10.3. The monoisotopic (exact) mass is 195 g/mol. The van der Waals surface area contributed by atoms with Crippen LogP contribution >= 0.6 is 0 Å². The van der Waals surface area contributed by atoms with Crippen molar-refractivity contribution in [3.8, 4) is 0 Å². The highest BCUT2D eigenvalue weighted by Gasteiger charge is 2.26. The number of hydrogen-bond donors (Lipinski definition) is 1. The molecular formula is C9H13N3O2. The second-order valence-corrected chi connectivity index (χ2v) is 3.58. The number of aromatic nitrogens is 2. The number of nitrogens with zero attached hydrogens (tertiary/aromatic N) is 3. The van der Waals surface area contributed by atoms with Crippen molar-refractivity contribution in [3.05, 3.63) is 18.2 Å². The Morgan fingerprint density at radius 2 is 2.50 bits per heavy atom. The third kappa shape index (κ3) is 1.50. The van der Waals surface area contributed by atoms with Gasteiger partial charge in [-0.3, -0.25) is 4.79 Å². The van der Waals surface area contributed by atoms with Crippen LogP contribution in [0.5, 0.6) is 0 Å². The van der Waals surface area contributed by atoms with Gasteiger partial charge in [-0.1, -0.05) is 0 Å². The van der Waals surface area contributed by atoms with Gasteiger partial charge in [0, 0.05) is 20.1 Å². The average Bonchev–Trinajstić information content (AvgIpc) is 2.73. The van der Waals surface area contributed by atoms with Gasteiger partial charge in [-0.25, -0.2) is 4.98 Å². The van der Waals surface area contributed by atoms with Gasteiger partial charge >= 0.3 is 0 Å². The smallest absolute Gasteiger partial charge is 0.272 e. The third-order valence-corrected chi connectivity index (χ3v) is 2.49. The third-order valence-electron chi connectivity index (χ3n) is 2.49. The summed E-state index contributed by atoms with van der Waals surface area (Å²) in [7, 11) is 1.78. The number of aliphatic hydroxyl groups is 1. The van der Waals surface area contributed by atoms with Gasteiger partial charge in [0.05, 0.1) is 18.6 Å². The van der Waals surface area contributed by atoms with Crippen molar-refractivity contribution in [1.29, 1.82) is 0 Å². The zero-order valence-electron chi connectivity index (χ0n) is 8.05. The number of aliphatic hydroxyl groups excluding tert-OH is 1. The fourth-order valence-electron chi connectivity index (χ4n) is 1.65. The Kier molecular flexibility index (Phi) is 2.25. The molecule has 0 unspecified atom stereocenters. The number of imidazole rings is 1. The van der Waals surface area contributed by atoms with Crippen LogP contribution < -0.4 is 0 Å². The highest BCUT2D eigenvalue weighted by Crippen LogP contribution is 2.12. The number of rotatable bonds is 1. The minimum atomic E-state index is -0.368. The van der Waals surface area contributed by atoms with Crippen molar-refractivity contribution in [3.63, 3.8) is 0 Å². The molecule has 0 radical (unpaired) electrons. The molecule has 0 aromatic carbocycles. The Hall–Kier alpha value is -1.36. The molecule has 1 aliphatic rings. The van der Waals surface area contributed by atoms with E-state index in [0.29, 0.717) is 25.2 Å². The molecular weight excluding hydrogens is 182 g/mol. The van der Waals surface area contributed by atoms with E-state index in [1.165, 1.54) is 0 Å². The molecule has 0 spiro atoms. The van der Waals surface area contributed by atoms with E-state index < -0.39 is 0 Å². The molecule has 0 bridgehead atoms. The summed E-state index contributed by atoms with van der Waals surface area (Å²) < 4.78 is 1.69. The van der Waals surface area contributed by atoms with Crippen LogP contribution in [0.15, 0.2) is 12.5 Å². The van der Waals surface area contributed by atoms with E-state index in [2.05, 4.69) is 4.98 Å². The van der Waals surface area contributed by atoms with Crippen molar-refractivity contribution in [2.24, 2.45) is 7.05 Å². The lowest BCUT2D eigenvalue weighted by Gasteiger charge is -2.15. The van der Waals surface area contributed by atoms with Crippen molar-refractivity contribution >= 4 is 5.91 Å². The summed E-state index contributed by atoms with van der Waals surface area (Å²) in [6.45, 7) is 1.06. The summed E-state index contributed by atoms with van der Waals surface area (Å²) in [6.07, 6.45) is 3.45. The molecule has 1 fully saturated rings. The molecule has 1 amide bonds. The minimum absolute atomic E-state index is 0.0541. The minimum Gasteiger partial charge on any atom is -0.391 e. The van der Waals surface area contributed by atoms with Gasteiger partial charge in [0.25, 0.3) is 5.91 Å². The van der Waals surface area contributed by atoms with E-state index in [-0.39, 0.29) is 12.0 Å². The van der Waals surface area contributed by atoms with Crippen LogP contribution in [-0.2, 0) is 7.05 Å². The van der Waals surface area contributed by atoms with Gasteiger partial charge in [0.1, 0.15) is 5.69 Å². The van der Waals surface area contributed by atoms with Crippen LogP contribution in [0.3, 0.4) is 0 Å². The molecule has 0 aliphatic carbocycles. The van der Waals surface area contributed by atoms with Crippen molar-refractivity contribution in [1.82, 2.24) is 14.5 Å². The average molecular weight is 195 g/mol. The molecule has 14 heavy (non-hydrogen) atoms. The maximum absolute atomic E-state index is 11.8. The Morgan fingerprint density at radius 3 is 3.00 bits per heavy atom. The van der Waals surface area contributed by atoms with E-state index in [1.54, 1.807) is 29.0 Å². The maximum atomic E-state index is 11.8. The first-order valence-corrected chi connectivity index (χ1v) is 4.62. The van der Waals surface area contributed by atoms with Gasteiger partial charge in [0.2, 0.25) is 0 Å². The molecule has 5 nitrogen and oxygen atoms in total. The van der Waals surface area contributed by atoms with Gasteiger partial charge < -0.3 is 14.6 Å². The Bertz CT molecular complexity index is 348. The predicted molar refractivity (Wildman–Crippen MR) is 49.7 cm³/mol. The quantitative estimate of drug-likeness (QED) is 0.665. The lowest BCUT2D eigenvalue weighted by molar-refractivity contribution is 0.0755. The zero-order chi connectivity index (χ0) is 10.1.